The van der Waals surface area contributed by atoms with Crippen LogP contribution in [0.3, 0.4) is 0 Å². The molecule has 0 unspecified atom stereocenters. The fourth-order valence-corrected chi connectivity index (χ4v) is 3.69. The number of anilines is 1. The van der Waals surface area contributed by atoms with Gasteiger partial charge in [-0.25, -0.2) is 4.98 Å². The van der Waals surface area contributed by atoms with Gasteiger partial charge < -0.3 is 9.88 Å². The minimum atomic E-state index is -0.165. The number of carbonyl (C=O) groups is 1. The van der Waals surface area contributed by atoms with Gasteiger partial charge in [-0.1, -0.05) is 48.0 Å². The molecule has 5 heteroatoms. The van der Waals surface area contributed by atoms with Crippen molar-refractivity contribution in [1.82, 2.24) is 9.55 Å². The molecule has 1 amide bonds. The van der Waals surface area contributed by atoms with Crippen LogP contribution in [0.1, 0.15) is 26.6 Å². The largest absolute Gasteiger partial charge is 0.341 e. The first-order valence-corrected chi connectivity index (χ1v) is 9.35. The van der Waals surface area contributed by atoms with Crippen LogP contribution < -0.4 is 5.32 Å². The first-order valence-electron chi connectivity index (χ1n) is 8.47. The lowest BCUT2D eigenvalue weighted by molar-refractivity contribution is 0.102. The lowest BCUT2D eigenvalue weighted by Gasteiger charge is -2.05. The molecule has 0 aliphatic rings. The number of para-hydroxylation sites is 1. The maximum absolute atomic E-state index is 12.5. The summed E-state index contributed by atoms with van der Waals surface area (Å²) >= 11 is 1.36. The number of nitrogens with one attached hydrogen (secondary N) is 1. The number of aryl methyl sites for hydroxylation is 2. The van der Waals surface area contributed by atoms with Gasteiger partial charge in [-0.2, -0.15) is 0 Å². The third kappa shape index (κ3) is 3.26. The van der Waals surface area contributed by atoms with E-state index in [4.69, 9.17) is 0 Å². The summed E-state index contributed by atoms with van der Waals surface area (Å²) < 4.78 is 2.17. The molecule has 0 aliphatic carbocycles. The molecule has 4 aromatic rings. The third-order valence-electron chi connectivity index (χ3n) is 4.32. The van der Waals surface area contributed by atoms with Crippen LogP contribution in [0, 0.1) is 13.8 Å². The number of aromatic nitrogens is 2. The Morgan fingerprint density at radius 2 is 1.88 bits per heavy atom. The van der Waals surface area contributed by atoms with E-state index >= 15 is 0 Å². The van der Waals surface area contributed by atoms with Crippen LogP contribution in [0.25, 0.3) is 10.9 Å². The molecule has 2 aromatic carbocycles. The Morgan fingerprint density at radius 3 is 2.62 bits per heavy atom. The van der Waals surface area contributed by atoms with Crippen molar-refractivity contribution in [2.75, 3.05) is 5.32 Å². The second-order valence-corrected chi connectivity index (χ2v) is 7.28. The highest BCUT2D eigenvalue weighted by atomic mass is 32.1. The van der Waals surface area contributed by atoms with Gasteiger partial charge in [0.2, 0.25) is 0 Å². The summed E-state index contributed by atoms with van der Waals surface area (Å²) in [4.78, 5) is 16.8. The second-order valence-electron chi connectivity index (χ2n) is 6.42. The number of nitrogens with zero attached hydrogens (tertiary/aromatic N) is 2. The molecule has 0 spiro atoms. The summed E-state index contributed by atoms with van der Waals surface area (Å²) in [5.74, 6) is -0.165. The minimum absolute atomic E-state index is 0.165. The molecule has 1 N–H and O–H groups in total. The maximum atomic E-state index is 12.5. The summed E-state index contributed by atoms with van der Waals surface area (Å²) in [5.41, 5.74) is 5.24. The summed E-state index contributed by atoms with van der Waals surface area (Å²) in [5, 5.41) is 6.42. The monoisotopic (exact) mass is 361 g/mol. The molecule has 26 heavy (non-hydrogen) atoms. The highest BCUT2D eigenvalue weighted by molar-refractivity contribution is 7.11. The van der Waals surface area contributed by atoms with E-state index in [-0.39, 0.29) is 5.91 Å². The van der Waals surface area contributed by atoms with E-state index in [1.165, 1.54) is 22.5 Å². The summed E-state index contributed by atoms with van der Waals surface area (Å²) in [7, 11) is 0. The molecule has 4 nitrogen and oxygen atoms in total. The Kier molecular flexibility index (Phi) is 4.31. The van der Waals surface area contributed by atoms with Crippen molar-refractivity contribution >= 4 is 33.8 Å². The Bertz CT molecular complexity index is 1080. The van der Waals surface area contributed by atoms with Crippen molar-refractivity contribution in [2.45, 2.75) is 20.4 Å². The van der Waals surface area contributed by atoms with Crippen molar-refractivity contribution in [2.24, 2.45) is 0 Å². The van der Waals surface area contributed by atoms with E-state index in [0.717, 1.165) is 28.8 Å². The van der Waals surface area contributed by atoms with Crippen molar-refractivity contribution in [1.29, 1.82) is 0 Å². The van der Waals surface area contributed by atoms with Crippen LogP contribution in [0.15, 0.2) is 60.1 Å². The molecule has 0 aliphatic heterocycles. The zero-order valence-electron chi connectivity index (χ0n) is 14.7. The quantitative estimate of drug-likeness (QED) is 0.555. The molecule has 4 rings (SSSR count). The topological polar surface area (TPSA) is 46.9 Å². The van der Waals surface area contributed by atoms with Gasteiger partial charge in [0, 0.05) is 29.2 Å². The Labute approximate surface area is 156 Å². The average Bonchev–Trinajstić information content (AvgIpc) is 3.22. The first kappa shape index (κ1) is 16.5. The predicted molar refractivity (Wildman–Crippen MR) is 107 cm³/mol. The molecule has 2 aromatic heterocycles. The number of hydrogen-bond donors (Lipinski definition) is 1. The molecule has 0 atom stereocenters. The van der Waals surface area contributed by atoms with Crippen LogP contribution in [-0.2, 0) is 6.54 Å². The van der Waals surface area contributed by atoms with Crippen molar-refractivity contribution < 1.29 is 4.79 Å². The SMILES string of the molecule is Cc1ccc(Cn2cc(NC(=O)c3nc(C)cs3)c3ccccc32)cc1. The van der Waals surface area contributed by atoms with Gasteiger partial charge in [-0.15, -0.1) is 11.3 Å². The van der Waals surface area contributed by atoms with E-state index < -0.39 is 0 Å². The van der Waals surface area contributed by atoms with Crippen LogP contribution in [-0.4, -0.2) is 15.5 Å². The fraction of sp³-hybridized carbons (Fsp3) is 0.143. The number of thiazole rings is 1. The van der Waals surface area contributed by atoms with E-state index in [1.54, 1.807) is 0 Å². The van der Waals surface area contributed by atoms with Gasteiger partial charge in [0.05, 0.1) is 11.2 Å². The van der Waals surface area contributed by atoms with Gasteiger partial charge in [-0.05, 0) is 25.5 Å². The van der Waals surface area contributed by atoms with E-state index in [2.05, 4.69) is 52.1 Å². The highest BCUT2D eigenvalue weighted by Crippen LogP contribution is 2.27. The number of amides is 1. The van der Waals surface area contributed by atoms with Gasteiger partial charge >= 0.3 is 0 Å². The summed E-state index contributed by atoms with van der Waals surface area (Å²) in [6.45, 7) is 4.73. The zero-order chi connectivity index (χ0) is 18.1. The number of rotatable bonds is 4. The minimum Gasteiger partial charge on any atom is -0.341 e. The van der Waals surface area contributed by atoms with Gasteiger partial charge in [0.1, 0.15) is 0 Å². The lowest BCUT2D eigenvalue weighted by Crippen LogP contribution is -2.11. The molecule has 0 radical (unpaired) electrons. The smallest absolute Gasteiger partial charge is 0.284 e. The molecule has 0 saturated carbocycles. The molecule has 2 heterocycles. The Morgan fingerprint density at radius 1 is 1.12 bits per heavy atom. The van der Waals surface area contributed by atoms with Crippen LogP contribution in [0.2, 0.25) is 0 Å². The zero-order valence-corrected chi connectivity index (χ0v) is 15.5. The summed E-state index contributed by atoms with van der Waals surface area (Å²) in [6, 6.07) is 16.6. The first-order chi connectivity index (χ1) is 12.6. The molecular weight excluding hydrogens is 342 g/mol. The molecule has 0 saturated heterocycles. The lowest BCUT2D eigenvalue weighted by atomic mass is 10.1. The number of carbonyl (C=O) groups excluding carboxylic acids is 1. The van der Waals surface area contributed by atoms with E-state index in [0.29, 0.717) is 5.01 Å². The Hall–Kier alpha value is -2.92. The fourth-order valence-electron chi connectivity index (χ4n) is 3.00. The van der Waals surface area contributed by atoms with Crippen LogP contribution >= 0.6 is 11.3 Å². The van der Waals surface area contributed by atoms with Crippen molar-refractivity contribution in [3.05, 3.63) is 81.9 Å². The van der Waals surface area contributed by atoms with Gasteiger partial charge in [-0.3, -0.25) is 4.79 Å². The maximum Gasteiger partial charge on any atom is 0.284 e. The molecule has 0 fully saturated rings. The third-order valence-corrected chi connectivity index (χ3v) is 5.28. The molecule has 130 valence electrons. The number of benzene rings is 2. The van der Waals surface area contributed by atoms with E-state index in [1.807, 2.05) is 36.7 Å². The summed E-state index contributed by atoms with van der Waals surface area (Å²) in [6.07, 6.45) is 2.00. The van der Waals surface area contributed by atoms with Crippen molar-refractivity contribution in [3.8, 4) is 0 Å². The normalized spacial score (nSPS) is 11.0. The van der Waals surface area contributed by atoms with Crippen LogP contribution in [0.5, 0.6) is 0 Å². The Balaban J connectivity index is 1.67. The number of hydrogen-bond acceptors (Lipinski definition) is 3. The highest BCUT2D eigenvalue weighted by Gasteiger charge is 2.14. The van der Waals surface area contributed by atoms with Crippen LogP contribution in [0.4, 0.5) is 5.69 Å². The number of fused-ring (bicyclic) bond motifs is 1. The average molecular weight is 361 g/mol. The van der Waals surface area contributed by atoms with Gasteiger partial charge in [0.15, 0.2) is 5.01 Å². The van der Waals surface area contributed by atoms with Crippen molar-refractivity contribution in [3.63, 3.8) is 0 Å². The predicted octanol–water partition coefficient (Wildman–Crippen LogP) is 5.02. The standard InChI is InChI=1S/C21H19N3OS/c1-14-7-9-16(10-8-14)11-24-12-18(17-5-3-4-6-19(17)24)23-20(25)21-22-15(2)13-26-21/h3-10,12-13H,11H2,1-2H3,(H,23,25). The van der Waals surface area contributed by atoms with E-state index in [9.17, 15) is 4.79 Å². The molecule has 0 bridgehead atoms. The van der Waals surface area contributed by atoms with Gasteiger partial charge in [0.25, 0.3) is 5.91 Å². The molecular formula is C21H19N3OS. The second kappa shape index (κ2) is 6.77.